The summed E-state index contributed by atoms with van der Waals surface area (Å²) < 4.78 is 5.59. The predicted octanol–water partition coefficient (Wildman–Crippen LogP) is 2.56. The van der Waals surface area contributed by atoms with Crippen molar-refractivity contribution in [1.29, 1.82) is 0 Å². The minimum Gasteiger partial charge on any atom is -0.374 e. The van der Waals surface area contributed by atoms with Crippen molar-refractivity contribution in [3.8, 4) is 0 Å². The fraction of sp³-hybridized carbons (Fsp3) is 0.571. The van der Waals surface area contributed by atoms with Crippen molar-refractivity contribution in [1.82, 2.24) is 0 Å². The van der Waals surface area contributed by atoms with Crippen LogP contribution in [0.15, 0.2) is 24.3 Å². The Labute approximate surface area is 97.8 Å². The van der Waals surface area contributed by atoms with E-state index < -0.39 is 0 Å². The van der Waals surface area contributed by atoms with Crippen LogP contribution in [-0.4, -0.2) is 13.7 Å². The highest BCUT2D eigenvalue weighted by Gasteiger charge is 2.45. The van der Waals surface area contributed by atoms with Gasteiger partial charge in [0.1, 0.15) is 0 Å². The molecule has 2 N–H and O–H groups in total. The van der Waals surface area contributed by atoms with Crippen LogP contribution in [-0.2, 0) is 15.8 Å². The van der Waals surface area contributed by atoms with Gasteiger partial charge in [-0.15, -0.1) is 0 Å². The Balaban J connectivity index is 2.47. The van der Waals surface area contributed by atoms with Crippen molar-refractivity contribution in [2.24, 2.45) is 5.73 Å². The Bertz CT molecular complexity index is 355. The highest BCUT2D eigenvalue weighted by Crippen LogP contribution is 2.50. The zero-order valence-corrected chi connectivity index (χ0v) is 10.4. The van der Waals surface area contributed by atoms with Crippen LogP contribution in [0, 0.1) is 0 Å². The summed E-state index contributed by atoms with van der Waals surface area (Å²) in [5, 5.41) is 0. The van der Waals surface area contributed by atoms with Gasteiger partial charge in [0, 0.05) is 19.1 Å². The van der Waals surface area contributed by atoms with Gasteiger partial charge in [0.25, 0.3) is 0 Å². The van der Waals surface area contributed by atoms with Crippen molar-refractivity contribution >= 4 is 0 Å². The number of methoxy groups -OCH3 is 1. The van der Waals surface area contributed by atoms with Gasteiger partial charge in [-0.3, -0.25) is 0 Å². The summed E-state index contributed by atoms with van der Waals surface area (Å²) in [5.41, 5.74) is 8.56. The maximum Gasteiger partial charge on any atom is 0.0874 e. The second kappa shape index (κ2) is 3.86. The Hall–Kier alpha value is -0.860. The quantitative estimate of drug-likeness (QED) is 0.844. The molecule has 0 aromatic heterocycles. The van der Waals surface area contributed by atoms with E-state index >= 15 is 0 Å². The predicted molar refractivity (Wildman–Crippen MR) is 66.4 cm³/mol. The molecule has 0 bridgehead atoms. The molecule has 0 amide bonds. The van der Waals surface area contributed by atoms with Gasteiger partial charge in [0.2, 0.25) is 0 Å². The monoisotopic (exact) mass is 219 g/mol. The molecule has 0 unspecified atom stereocenters. The normalized spacial score (nSPS) is 18.5. The number of ether oxygens (including phenoxy) is 1. The largest absolute Gasteiger partial charge is 0.374 e. The first-order valence-electron chi connectivity index (χ1n) is 5.91. The first-order valence-corrected chi connectivity index (χ1v) is 5.91. The molecule has 88 valence electrons. The molecule has 1 aromatic carbocycles. The average Bonchev–Trinajstić information content (AvgIpc) is 3.10. The lowest BCUT2D eigenvalue weighted by molar-refractivity contribution is 0.0181. The van der Waals surface area contributed by atoms with Crippen LogP contribution < -0.4 is 5.73 Å². The van der Waals surface area contributed by atoms with Gasteiger partial charge in [0.05, 0.1) is 5.60 Å². The Kier molecular flexibility index (Phi) is 2.81. The molecule has 1 aliphatic carbocycles. The lowest BCUT2D eigenvalue weighted by atomic mass is 9.84. The molecule has 0 saturated heterocycles. The van der Waals surface area contributed by atoms with Crippen molar-refractivity contribution in [3.05, 3.63) is 35.4 Å². The van der Waals surface area contributed by atoms with E-state index in [9.17, 15) is 0 Å². The maximum absolute atomic E-state index is 5.91. The number of nitrogens with two attached hydrogens (primary N) is 1. The van der Waals surface area contributed by atoms with Crippen molar-refractivity contribution in [2.75, 3.05) is 13.7 Å². The second-order valence-corrected chi connectivity index (χ2v) is 5.24. The number of hydrogen-bond donors (Lipinski definition) is 1. The van der Waals surface area contributed by atoms with E-state index in [-0.39, 0.29) is 11.0 Å². The Morgan fingerprint density at radius 1 is 1.31 bits per heavy atom. The van der Waals surface area contributed by atoms with E-state index in [1.165, 1.54) is 24.0 Å². The molecule has 0 heterocycles. The van der Waals surface area contributed by atoms with E-state index in [1.54, 1.807) is 7.11 Å². The zero-order valence-electron chi connectivity index (χ0n) is 10.4. The summed E-state index contributed by atoms with van der Waals surface area (Å²) in [7, 11) is 1.76. The summed E-state index contributed by atoms with van der Waals surface area (Å²) >= 11 is 0. The zero-order chi connectivity index (χ0) is 11.8. The molecule has 0 radical (unpaired) electrons. The molecular weight excluding hydrogens is 198 g/mol. The number of benzene rings is 1. The van der Waals surface area contributed by atoms with E-state index in [0.29, 0.717) is 0 Å². The van der Waals surface area contributed by atoms with Gasteiger partial charge >= 0.3 is 0 Å². The molecule has 1 saturated carbocycles. The van der Waals surface area contributed by atoms with Crippen molar-refractivity contribution in [3.63, 3.8) is 0 Å². The molecule has 0 aliphatic heterocycles. The van der Waals surface area contributed by atoms with Gasteiger partial charge in [-0.05, 0) is 37.8 Å². The van der Waals surface area contributed by atoms with Crippen LogP contribution in [0.5, 0.6) is 0 Å². The molecule has 0 spiro atoms. The maximum atomic E-state index is 5.91. The van der Waals surface area contributed by atoms with Gasteiger partial charge in [0.15, 0.2) is 0 Å². The van der Waals surface area contributed by atoms with Crippen LogP contribution in [0.2, 0.25) is 0 Å². The lowest BCUT2D eigenvalue weighted by Gasteiger charge is -2.29. The SMILES string of the molecule is COC(C)(C)c1ccccc1C1(CN)CC1. The van der Waals surface area contributed by atoms with E-state index in [4.69, 9.17) is 10.5 Å². The standard InChI is InChI=1S/C14H21NO/c1-13(2,16-3)11-6-4-5-7-12(11)14(10-15)8-9-14/h4-7H,8-10,15H2,1-3H3. The van der Waals surface area contributed by atoms with Gasteiger partial charge in [-0.1, -0.05) is 24.3 Å². The van der Waals surface area contributed by atoms with Gasteiger partial charge < -0.3 is 10.5 Å². The third-order valence-corrected chi connectivity index (χ3v) is 3.90. The smallest absolute Gasteiger partial charge is 0.0874 e. The fourth-order valence-corrected chi connectivity index (χ4v) is 2.31. The Morgan fingerprint density at radius 3 is 2.44 bits per heavy atom. The molecule has 2 rings (SSSR count). The summed E-state index contributed by atoms with van der Waals surface area (Å²) in [6, 6.07) is 8.54. The third-order valence-electron chi connectivity index (χ3n) is 3.90. The molecule has 2 heteroatoms. The minimum absolute atomic E-state index is 0.229. The lowest BCUT2D eigenvalue weighted by Crippen LogP contribution is -2.27. The molecule has 0 atom stereocenters. The van der Waals surface area contributed by atoms with E-state index in [2.05, 4.69) is 38.1 Å². The van der Waals surface area contributed by atoms with Crippen molar-refractivity contribution < 1.29 is 4.74 Å². The molecule has 2 nitrogen and oxygen atoms in total. The first kappa shape index (κ1) is 11.6. The number of rotatable bonds is 4. The molecular formula is C14H21NO. The Morgan fingerprint density at radius 2 is 1.94 bits per heavy atom. The van der Waals surface area contributed by atoms with E-state index in [0.717, 1.165) is 6.54 Å². The highest BCUT2D eigenvalue weighted by molar-refractivity contribution is 5.41. The minimum atomic E-state index is -0.235. The molecule has 1 fully saturated rings. The average molecular weight is 219 g/mol. The fourth-order valence-electron chi connectivity index (χ4n) is 2.31. The summed E-state index contributed by atoms with van der Waals surface area (Å²) in [5.74, 6) is 0. The first-order chi connectivity index (χ1) is 7.56. The van der Waals surface area contributed by atoms with Crippen LogP contribution in [0.4, 0.5) is 0 Å². The van der Waals surface area contributed by atoms with Crippen LogP contribution in [0.3, 0.4) is 0 Å². The van der Waals surface area contributed by atoms with Crippen LogP contribution in [0.1, 0.15) is 37.8 Å². The molecule has 1 aliphatic rings. The molecule has 1 aromatic rings. The summed E-state index contributed by atoms with van der Waals surface area (Å²) in [6.45, 7) is 4.96. The molecule has 16 heavy (non-hydrogen) atoms. The van der Waals surface area contributed by atoms with Gasteiger partial charge in [-0.2, -0.15) is 0 Å². The van der Waals surface area contributed by atoms with Gasteiger partial charge in [-0.25, -0.2) is 0 Å². The van der Waals surface area contributed by atoms with Crippen LogP contribution in [0.25, 0.3) is 0 Å². The van der Waals surface area contributed by atoms with Crippen molar-refractivity contribution in [2.45, 2.75) is 37.7 Å². The van der Waals surface area contributed by atoms with E-state index in [1.807, 2.05) is 0 Å². The summed E-state index contributed by atoms with van der Waals surface area (Å²) in [4.78, 5) is 0. The third kappa shape index (κ3) is 1.76. The topological polar surface area (TPSA) is 35.2 Å². The second-order valence-electron chi connectivity index (χ2n) is 5.24. The highest BCUT2D eigenvalue weighted by atomic mass is 16.5. The van der Waals surface area contributed by atoms with Crippen LogP contribution >= 0.6 is 0 Å². The summed E-state index contributed by atoms with van der Waals surface area (Å²) in [6.07, 6.45) is 2.42. The number of hydrogen-bond acceptors (Lipinski definition) is 2.